The van der Waals surface area contributed by atoms with Crippen LogP contribution in [-0.2, 0) is 0 Å². The molecule has 74 valence electrons. The van der Waals surface area contributed by atoms with Crippen molar-refractivity contribution in [3.05, 3.63) is 37.4 Å². The Morgan fingerprint density at radius 3 is 2.36 bits per heavy atom. The Balaban J connectivity index is 3.34. The van der Waals surface area contributed by atoms with Gasteiger partial charge in [0.05, 0.1) is 8.95 Å². The molecule has 1 aromatic carbocycles. The Bertz CT molecular complexity index is 400. The molecule has 7 heteroatoms. The summed E-state index contributed by atoms with van der Waals surface area (Å²) >= 11 is 5.90. The Labute approximate surface area is 95.7 Å². The predicted molar refractivity (Wildman–Crippen MR) is 56.7 cm³/mol. The fourth-order valence-electron chi connectivity index (χ4n) is 0.784. The van der Waals surface area contributed by atoms with E-state index in [4.69, 9.17) is 0 Å². The van der Waals surface area contributed by atoms with Crippen LogP contribution < -0.4 is 10.1 Å². The van der Waals surface area contributed by atoms with E-state index in [0.29, 0.717) is 0 Å². The van der Waals surface area contributed by atoms with E-state index in [1.165, 1.54) is 18.2 Å². The Morgan fingerprint density at radius 1 is 1.21 bits per heavy atom. The van der Waals surface area contributed by atoms with Gasteiger partial charge in [0.25, 0.3) is 0 Å². The smallest absolute Gasteiger partial charge is 0.501 e. The first-order valence-corrected chi connectivity index (χ1v) is 5.04. The molecule has 0 heterocycles. The van der Waals surface area contributed by atoms with E-state index in [9.17, 15) is 13.4 Å². The third-order valence-electron chi connectivity index (χ3n) is 1.33. The molecule has 0 bridgehead atoms. The number of hydrogen-bond donors (Lipinski definition) is 0. The highest BCUT2D eigenvalue weighted by molar-refractivity contribution is 9.11. The molecular formula is C7H3BBr2F2O2. The van der Waals surface area contributed by atoms with Crippen molar-refractivity contribution in [2.75, 3.05) is 0 Å². The van der Waals surface area contributed by atoms with Crippen LogP contribution in [0.4, 0.5) is 8.63 Å². The van der Waals surface area contributed by atoms with Gasteiger partial charge in [-0.3, -0.25) is 4.79 Å². The van der Waals surface area contributed by atoms with Gasteiger partial charge in [0.1, 0.15) is 0 Å². The van der Waals surface area contributed by atoms with Crippen LogP contribution in [-0.4, -0.2) is 7.47 Å². The van der Waals surface area contributed by atoms with Crippen molar-refractivity contribution in [2.24, 2.45) is 0 Å². The zero-order valence-corrected chi connectivity index (χ0v) is 9.81. The van der Waals surface area contributed by atoms with E-state index >= 15 is 0 Å². The van der Waals surface area contributed by atoms with Gasteiger partial charge in [-0.05, 0) is 44.0 Å². The van der Waals surface area contributed by atoms with E-state index in [-0.39, 0.29) is 8.95 Å². The largest absolute Gasteiger partial charge is 0.796 e. The van der Waals surface area contributed by atoms with Crippen molar-refractivity contribution in [1.82, 2.24) is 0 Å². The highest BCUT2D eigenvalue weighted by atomic mass is 79.9. The molecule has 0 aliphatic heterocycles. The van der Waals surface area contributed by atoms with E-state index in [0.717, 1.165) is 0 Å². The fourth-order valence-corrected chi connectivity index (χ4v) is 1.54. The van der Waals surface area contributed by atoms with Gasteiger partial charge in [0.15, 0.2) is 5.75 Å². The first kappa shape index (κ1) is 11.6. The summed E-state index contributed by atoms with van der Waals surface area (Å²) in [4.78, 5) is 11.4. The molecule has 0 unspecified atom stereocenters. The molecule has 0 amide bonds. The zero-order chi connectivity index (χ0) is 10.7. The molecule has 0 aromatic heterocycles. The van der Waals surface area contributed by atoms with Gasteiger partial charge in [-0.1, -0.05) is 6.07 Å². The topological polar surface area (TPSA) is 26.3 Å². The van der Waals surface area contributed by atoms with Crippen LogP contribution in [0, 0.1) is 0 Å². The Kier molecular flexibility index (Phi) is 4.06. The summed E-state index contributed by atoms with van der Waals surface area (Å²) in [6.45, 7) is 0. The van der Waals surface area contributed by atoms with Gasteiger partial charge >= 0.3 is 7.47 Å². The molecule has 0 aliphatic carbocycles. The minimum absolute atomic E-state index is 0.166. The predicted octanol–water partition coefficient (Wildman–Crippen LogP) is 2.87. The molecule has 0 saturated carbocycles. The van der Waals surface area contributed by atoms with E-state index in [1.54, 1.807) is 0 Å². The lowest BCUT2D eigenvalue weighted by Crippen LogP contribution is -2.15. The lowest BCUT2D eigenvalue weighted by Gasteiger charge is -2.00. The van der Waals surface area contributed by atoms with Crippen LogP contribution in [0.1, 0.15) is 0 Å². The number of rotatable bonds is 2. The molecule has 0 radical (unpaired) electrons. The SMILES string of the molecule is O=c1c(Br)cccc(Br)c1OB(F)F. The number of hydrogen-bond acceptors (Lipinski definition) is 2. The normalized spacial score (nSPS) is 9.71. The second-order valence-electron chi connectivity index (χ2n) is 2.26. The minimum atomic E-state index is -3.02. The summed E-state index contributed by atoms with van der Waals surface area (Å²) in [5.41, 5.74) is -0.623. The number of halogens is 4. The first-order chi connectivity index (χ1) is 6.52. The van der Waals surface area contributed by atoms with Gasteiger partial charge in [-0.2, -0.15) is 0 Å². The van der Waals surface area contributed by atoms with Crippen molar-refractivity contribution in [3.63, 3.8) is 0 Å². The molecule has 1 rings (SSSR count). The summed E-state index contributed by atoms with van der Waals surface area (Å²) < 4.78 is 28.3. The van der Waals surface area contributed by atoms with E-state index in [2.05, 4.69) is 36.5 Å². The quantitative estimate of drug-likeness (QED) is 0.781. The van der Waals surface area contributed by atoms with Crippen LogP contribution in [0.3, 0.4) is 0 Å². The first-order valence-electron chi connectivity index (χ1n) is 3.45. The van der Waals surface area contributed by atoms with Crippen LogP contribution in [0.2, 0.25) is 0 Å². The average molecular weight is 328 g/mol. The maximum atomic E-state index is 11.9. The standard InChI is InChI=1S/C7H3BBr2F2O2/c9-4-2-1-3-5(10)7(6(4)13)14-8(11)12/h1-3H. The van der Waals surface area contributed by atoms with E-state index < -0.39 is 18.6 Å². The summed E-state index contributed by atoms with van der Waals surface area (Å²) in [5, 5.41) is 0. The maximum absolute atomic E-state index is 11.9. The van der Waals surface area contributed by atoms with Gasteiger partial charge in [-0.15, -0.1) is 0 Å². The van der Waals surface area contributed by atoms with Crippen molar-refractivity contribution >= 4 is 39.3 Å². The molecule has 0 spiro atoms. The molecule has 0 fully saturated rings. The lowest BCUT2D eigenvalue weighted by molar-refractivity contribution is 0.422. The molecule has 0 saturated heterocycles. The lowest BCUT2D eigenvalue weighted by atomic mass is 10.3. The van der Waals surface area contributed by atoms with Gasteiger partial charge in [0.2, 0.25) is 5.43 Å². The molecule has 1 aromatic rings. The summed E-state index contributed by atoms with van der Waals surface area (Å²) in [6, 6.07) is 4.43. The molecule has 14 heavy (non-hydrogen) atoms. The molecule has 0 N–H and O–H groups in total. The van der Waals surface area contributed by atoms with Crippen molar-refractivity contribution < 1.29 is 13.3 Å². The highest BCUT2D eigenvalue weighted by Gasteiger charge is 2.21. The molecule has 0 atom stereocenters. The van der Waals surface area contributed by atoms with E-state index in [1.807, 2.05) is 0 Å². The van der Waals surface area contributed by atoms with Crippen LogP contribution in [0.15, 0.2) is 31.9 Å². The molecule has 2 nitrogen and oxygen atoms in total. The Hall–Kier alpha value is -0.425. The monoisotopic (exact) mass is 326 g/mol. The second-order valence-corrected chi connectivity index (χ2v) is 3.97. The fraction of sp³-hybridized carbons (Fsp3) is 0. The van der Waals surface area contributed by atoms with Crippen molar-refractivity contribution in [1.29, 1.82) is 0 Å². The Morgan fingerprint density at radius 2 is 1.79 bits per heavy atom. The van der Waals surface area contributed by atoms with Crippen LogP contribution in [0.25, 0.3) is 0 Å². The molecule has 0 aliphatic rings. The summed E-state index contributed by atoms with van der Waals surface area (Å²) in [5.74, 6) is -0.406. The van der Waals surface area contributed by atoms with Gasteiger partial charge in [0, 0.05) is 0 Å². The maximum Gasteiger partial charge on any atom is 0.796 e. The highest BCUT2D eigenvalue weighted by Crippen LogP contribution is 2.22. The zero-order valence-electron chi connectivity index (χ0n) is 6.64. The third kappa shape index (κ3) is 2.78. The minimum Gasteiger partial charge on any atom is -0.501 e. The third-order valence-corrected chi connectivity index (χ3v) is 2.58. The van der Waals surface area contributed by atoms with Crippen LogP contribution in [0.5, 0.6) is 5.75 Å². The average Bonchev–Trinajstić information content (AvgIpc) is 2.20. The summed E-state index contributed by atoms with van der Waals surface area (Å²) in [7, 11) is -3.02. The summed E-state index contributed by atoms with van der Waals surface area (Å²) in [6.07, 6.45) is 0. The van der Waals surface area contributed by atoms with Gasteiger partial charge < -0.3 is 4.65 Å². The van der Waals surface area contributed by atoms with Gasteiger partial charge in [-0.25, -0.2) is 8.63 Å². The second kappa shape index (κ2) is 4.88. The van der Waals surface area contributed by atoms with Crippen molar-refractivity contribution in [3.8, 4) is 5.75 Å². The van der Waals surface area contributed by atoms with Crippen molar-refractivity contribution in [2.45, 2.75) is 0 Å². The molecular weight excluding hydrogens is 325 g/mol. The van der Waals surface area contributed by atoms with Crippen LogP contribution >= 0.6 is 31.9 Å².